The molecule has 4 heterocycles. The maximum Gasteiger partial charge on any atom is 0.178 e. The number of pyridine rings is 1. The van der Waals surface area contributed by atoms with Crippen LogP contribution in [0.15, 0.2) is 176 Å². The molecule has 6 aromatic carbocycles. The lowest BCUT2D eigenvalue weighted by Crippen LogP contribution is -1.99. The molecule has 4 aromatic heterocycles. The van der Waals surface area contributed by atoms with E-state index in [9.17, 15) is 0 Å². The Morgan fingerprint density at radius 3 is 1.38 bits per heavy atom. The molecule has 0 saturated heterocycles. The smallest absolute Gasteiger partial charge is 0.178 e. The van der Waals surface area contributed by atoms with Crippen LogP contribution < -0.4 is 0 Å². The van der Waals surface area contributed by atoms with Crippen LogP contribution in [0.1, 0.15) is 0 Å². The van der Waals surface area contributed by atoms with E-state index in [4.69, 9.17) is 15.0 Å². The van der Waals surface area contributed by atoms with Crippen molar-refractivity contribution in [3.05, 3.63) is 176 Å². The van der Waals surface area contributed by atoms with Crippen LogP contribution in [0.25, 0.3) is 89.0 Å². The molecule has 0 radical (unpaired) electrons. The van der Waals surface area contributed by atoms with E-state index in [0.717, 1.165) is 61.7 Å². The second-order valence-electron chi connectivity index (χ2n) is 12.5. The standard InChI is InChI=1S/C45H29N5/c1-3-14-30(15-4-1)49-41-26-9-7-18-32(41)34-20-11-22-36(43(34)49)38-24-13-25-40(47-38)45-46-29-28-39(48-45)37-23-12-21-35-33-19-8-10-27-42(33)50(44(35)37)31-16-5-2-6-17-31/h1-29H. The number of aromatic nitrogens is 5. The van der Waals surface area contributed by atoms with Crippen molar-refractivity contribution in [2.24, 2.45) is 0 Å². The molecule has 50 heavy (non-hydrogen) atoms. The Morgan fingerprint density at radius 1 is 0.340 bits per heavy atom. The van der Waals surface area contributed by atoms with E-state index in [2.05, 4.69) is 167 Å². The summed E-state index contributed by atoms with van der Waals surface area (Å²) >= 11 is 0. The number of benzene rings is 6. The van der Waals surface area contributed by atoms with Gasteiger partial charge in [-0.05, 0) is 54.6 Å². The molecule has 10 rings (SSSR count). The summed E-state index contributed by atoms with van der Waals surface area (Å²) in [5, 5.41) is 4.79. The molecule has 0 aliphatic rings. The third kappa shape index (κ3) is 4.37. The molecule has 0 aliphatic heterocycles. The lowest BCUT2D eigenvalue weighted by Gasteiger charge is -2.12. The van der Waals surface area contributed by atoms with Gasteiger partial charge in [0.05, 0.1) is 33.5 Å². The van der Waals surface area contributed by atoms with Crippen LogP contribution in [-0.2, 0) is 0 Å². The van der Waals surface area contributed by atoms with Crippen LogP contribution in [0.5, 0.6) is 0 Å². The number of hydrogen-bond donors (Lipinski definition) is 0. The molecule has 0 atom stereocenters. The van der Waals surface area contributed by atoms with Gasteiger partial charge in [-0.15, -0.1) is 0 Å². The van der Waals surface area contributed by atoms with E-state index < -0.39 is 0 Å². The van der Waals surface area contributed by atoms with E-state index >= 15 is 0 Å². The maximum absolute atomic E-state index is 5.22. The number of nitrogens with zero attached hydrogens (tertiary/aromatic N) is 5. The van der Waals surface area contributed by atoms with Crippen molar-refractivity contribution >= 4 is 43.6 Å². The van der Waals surface area contributed by atoms with Gasteiger partial charge in [0.1, 0.15) is 5.69 Å². The van der Waals surface area contributed by atoms with Crippen LogP contribution in [0.2, 0.25) is 0 Å². The predicted octanol–water partition coefficient (Wildman–Crippen LogP) is 11.1. The zero-order chi connectivity index (χ0) is 33.0. The van der Waals surface area contributed by atoms with E-state index in [0.29, 0.717) is 5.82 Å². The van der Waals surface area contributed by atoms with Crippen molar-refractivity contribution in [2.75, 3.05) is 0 Å². The van der Waals surface area contributed by atoms with Crippen molar-refractivity contribution in [2.45, 2.75) is 0 Å². The Kier molecular flexibility index (Phi) is 6.42. The van der Waals surface area contributed by atoms with Crippen LogP contribution in [0.4, 0.5) is 0 Å². The summed E-state index contributed by atoms with van der Waals surface area (Å²) in [6.07, 6.45) is 1.84. The Hall–Kier alpha value is -6.85. The highest BCUT2D eigenvalue weighted by Crippen LogP contribution is 2.39. The van der Waals surface area contributed by atoms with E-state index in [1.54, 1.807) is 0 Å². The van der Waals surface area contributed by atoms with Gasteiger partial charge in [0, 0.05) is 50.2 Å². The van der Waals surface area contributed by atoms with Crippen molar-refractivity contribution < 1.29 is 0 Å². The fourth-order valence-corrected chi connectivity index (χ4v) is 7.48. The first-order valence-corrected chi connectivity index (χ1v) is 16.8. The topological polar surface area (TPSA) is 48.5 Å². The van der Waals surface area contributed by atoms with Gasteiger partial charge < -0.3 is 9.13 Å². The van der Waals surface area contributed by atoms with Crippen molar-refractivity contribution in [1.82, 2.24) is 24.1 Å². The van der Waals surface area contributed by atoms with Crippen molar-refractivity contribution in [3.63, 3.8) is 0 Å². The summed E-state index contributed by atoms with van der Waals surface area (Å²) in [5.74, 6) is 0.583. The zero-order valence-corrected chi connectivity index (χ0v) is 27.0. The number of fused-ring (bicyclic) bond motifs is 6. The minimum absolute atomic E-state index is 0.583. The first-order valence-electron chi connectivity index (χ1n) is 16.8. The average molecular weight is 640 g/mol. The van der Waals surface area contributed by atoms with Crippen LogP contribution in [0.3, 0.4) is 0 Å². The van der Waals surface area contributed by atoms with E-state index in [1.807, 2.05) is 18.3 Å². The molecular formula is C45H29N5. The monoisotopic (exact) mass is 639 g/mol. The summed E-state index contributed by atoms with van der Waals surface area (Å²) in [6.45, 7) is 0. The van der Waals surface area contributed by atoms with Gasteiger partial charge >= 0.3 is 0 Å². The lowest BCUT2D eigenvalue weighted by atomic mass is 10.1. The molecule has 0 amide bonds. The molecular weight excluding hydrogens is 611 g/mol. The van der Waals surface area contributed by atoms with Gasteiger partial charge in [-0.3, -0.25) is 0 Å². The second kappa shape index (κ2) is 11.4. The molecule has 0 aliphatic carbocycles. The summed E-state index contributed by atoms with van der Waals surface area (Å²) in [6, 6.07) is 59.3. The fourth-order valence-electron chi connectivity index (χ4n) is 7.48. The van der Waals surface area contributed by atoms with Crippen molar-refractivity contribution in [3.8, 4) is 45.4 Å². The Morgan fingerprint density at radius 2 is 0.800 bits per heavy atom. The van der Waals surface area contributed by atoms with Gasteiger partial charge in [0.25, 0.3) is 0 Å². The third-order valence-corrected chi connectivity index (χ3v) is 9.60. The van der Waals surface area contributed by atoms with Crippen molar-refractivity contribution in [1.29, 1.82) is 0 Å². The normalized spacial score (nSPS) is 11.6. The minimum atomic E-state index is 0.583. The number of hydrogen-bond acceptors (Lipinski definition) is 3. The van der Waals surface area contributed by atoms with E-state index in [-0.39, 0.29) is 0 Å². The highest BCUT2D eigenvalue weighted by Gasteiger charge is 2.19. The first kappa shape index (κ1) is 28.2. The quantitative estimate of drug-likeness (QED) is 0.188. The van der Waals surface area contributed by atoms with E-state index in [1.165, 1.54) is 21.5 Å². The predicted molar refractivity (Wildman–Crippen MR) is 205 cm³/mol. The highest BCUT2D eigenvalue weighted by atomic mass is 15.0. The molecule has 10 aromatic rings. The molecule has 234 valence electrons. The minimum Gasteiger partial charge on any atom is -0.309 e. The molecule has 0 fully saturated rings. The molecule has 0 spiro atoms. The summed E-state index contributed by atoms with van der Waals surface area (Å²) in [4.78, 5) is 15.1. The first-order chi connectivity index (χ1) is 24.8. The summed E-state index contributed by atoms with van der Waals surface area (Å²) < 4.78 is 4.69. The van der Waals surface area contributed by atoms with Gasteiger partial charge in [-0.25, -0.2) is 15.0 Å². The third-order valence-electron chi connectivity index (χ3n) is 9.60. The average Bonchev–Trinajstić information content (AvgIpc) is 3.72. The summed E-state index contributed by atoms with van der Waals surface area (Å²) in [5.41, 5.74) is 11.3. The number of rotatable bonds is 5. The lowest BCUT2D eigenvalue weighted by molar-refractivity contribution is 1.14. The van der Waals surface area contributed by atoms with Crippen LogP contribution in [-0.4, -0.2) is 24.1 Å². The SMILES string of the molecule is c1ccc(-n2c3ccccc3c3cccc(-c4cccc(-c5nccc(-c6cccc7c8ccccc8n(-c8ccccc8)c67)n5)n4)c32)cc1. The van der Waals surface area contributed by atoms with Gasteiger partial charge in [-0.2, -0.15) is 0 Å². The molecule has 5 heteroatoms. The number of para-hydroxylation sites is 6. The summed E-state index contributed by atoms with van der Waals surface area (Å²) in [7, 11) is 0. The van der Waals surface area contributed by atoms with Crippen LogP contribution in [0, 0.1) is 0 Å². The molecule has 0 bridgehead atoms. The molecule has 0 unspecified atom stereocenters. The molecule has 5 nitrogen and oxygen atoms in total. The van der Waals surface area contributed by atoms with Gasteiger partial charge in [0.2, 0.25) is 0 Å². The fraction of sp³-hybridized carbons (Fsp3) is 0. The Labute approximate surface area is 288 Å². The molecule has 0 saturated carbocycles. The second-order valence-corrected chi connectivity index (χ2v) is 12.5. The highest BCUT2D eigenvalue weighted by molar-refractivity contribution is 6.14. The Bertz CT molecular complexity index is 2670. The van der Waals surface area contributed by atoms with Crippen LogP contribution >= 0.6 is 0 Å². The largest absolute Gasteiger partial charge is 0.309 e. The van der Waals surface area contributed by atoms with Gasteiger partial charge in [-0.1, -0.05) is 115 Å². The Balaban J connectivity index is 1.15. The molecule has 0 N–H and O–H groups in total. The van der Waals surface area contributed by atoms with Gasteiger partial charge in [0.15, 0.2) is 5.82 Å². The maximum atomic E-state index is 5.22. The zero-order valence-electron chi connectivity index (χ0n) is 27.0.